The SMILES string of the molecule is C[C@H]1CN(c2ccc(S(=O)(=O)Nc3ccncn3)cc2)CCN1C(=O)Cn1ccc2cccc(Cl)c21.[HH]. The number of rotatable bonds is 6. The molecule has 0 unspecified atom stereocenters. The quantitative estimate of drug-likeness (QED) is 0.409. The number of hydrogen-bond acceptors (Lipinski definition) is 6. The summed E-state index contributed by atoms with van der Waals surface area (Å²) in [6.07, 6.45) is 4.64. The molecule has 11 heteroatoms. The Morgan fingerprint density at radius 1 is 1.14 bits per heavy atom. The molecule has 2 aromatic heterocycles. The number of carbonyl (C=O) groups excluding carboxylic acids is 1. The highest BCUT2D eigenvalue weighted by Gasteiger charge is 2.28. The number of nitrogens with zero attached hydrogens (tertiary/aromatic N) is 5. The van der Waals surface area contributed by atoms with Crippen LogP contribution in [0.5, 0.6) is 0 Å². The molecule has 0 aliphatic carbocycles. The van der Waals surface area contributed by atoms with E-state index in [1.165, 1.54) is 18.6 Å². The number of aromatic nitrogens is 3. The third-order valence-corrected chi connectivity index (χ3v) is 8.00. The first-order valence-corrected chi connectivity index (χ1v) is 13.3. The predicted molar refractivity (Wildman–Crippen MR) is 142 cm³/mol. The Bertz CT molecular complexity index is 1500. The van der Waals surface area contributed by atoms with Crippen molar-refractivity contribution in [3.8, 4) is 0 Å². The summed E-state index contributed by atoms with van der Waals surface area (Å²) < 4.78 is 29.6. The van der Waals surface area contributed by atoms with E-state index in [9.17, 15) is 13.2 Å². The number of sulfonamides is 1. The molecule has 3 heterocycles. The Balaban J connectivity index is 0.00000320. The van der Waals surface area contributed by atoms with Gasteiger partial charge in [0.05, 0.1) is 15.4 Å². The summed E-state index contributed by atoms with van der Waals surface area (Å²) in [5.41, 5.74) is 1.76. The Kier molecular flexibility index (Phi) is 6.55. The average Bonchev–Trinajstić information content (AvgIpc) is 3.28. The fourth-order valence-electron chi connectivity index (χ4n) is 4.53. The second-order valence-electron chi connectivity index (χ2n) is 8.70. The molecule has 4 aromatic rings. The number of para-hydroxylation sites is 1. The van der Waals surface area contributed by atoms with Gasteiger partial charge in [-0.1, -0.05) is 23.7 Å². The van der Waals surface area contributed by atoms with Crippen LogP contribution in [-0.4, -0.2) is 59.4 Å². The fourth-order valence-corrected chi connectivity index (χ4v) is 5.83. The van der Waals surface area contributed by atoms with Crippen molar-refractivity contribution in [2.45, 2.75) is 24.4 Å². The number of fused-ring (bicyclic) bond motifs is 1. The van der Waals surface area contributed by atoms with Crippen LogP contribution in [0.15, 0.2) is 78.2 Å². The molecule has 1 aliphatic rings. The van der Waals surface area contributed by atoms with Crippen LogP contribution in [-0.2, 0) is 21.4 Å². The molecule has 1 fully saturated rings. The van der Waals surface area contributed by atoms with Crippen molar-refractivity contribution in [2.75, 3.05) is 29.3 Å². The summed E-state index contributed by atoms with van der Waals surface area (Å²) in [4.78, 5) is 25.0. The Hall–Kier alpha value is -3.63. The van der Waals surface area contributed by atoms with Crippen molar-refractivity contribution in [1.29, 1.82) is 0 Å². The summed E-state index contributed by atoms with van der Waals surface area (Å²) in [5, 5.41) is 1.63. The summed E-state index contributed by atoms with van der Waals surface area (Å²) in [7, 11) is -3.76. The summed E-state index contributed by atoms with van der Waals surface area (Å²) in [6.45, 7) is 4.11. The monoisotopic (exact) mass is 526 g/mol. The summed E-state index contributed by atoms with van der Waals surface area (Å²) in [6, 6.07) is 15.9. The van der Waals surface area contributed by atoms with Gasteiger partial charge >= 0.3 is 0 Å². The van der Waals surface area contributed by atoms with Crippen LogP contribution in [0.25, 0.3) is 10.9 Å². The van der Waals surface area contributed by atoms with E-state index in [-0.39, 0.29) is 30.6 Å². The molecule has 5 rings (SSSR count). The molecule has 1 atom stereocenters. The van der Waals surface area contributed by atoms with Gasteiger partial charge < -0.3 is 14.4 Å². The number of halogens is 1. The zero-order chi connectivity index (χ0) is 25.3. The van der Waals surface area contributed by atoms with Crippen LogP contribution in [0.1, 0.15) is 8.35 Å². The van der Waals surface area contributed by atoms with Crippen molar-refractivity contribution in [3.05, 3.63) is 78.3 Å². The van der Waals surface area contributed by atoms with Gasteiger partial charge in [-0.15, -0.1) is 0 Å². The Labute approximate surface area is 215 Å². The number of piperazine rings is 1. The van der Waals surface area contributed by atoms with Crippen molar-refractivity contribution in [1.82, 2.24) is 19.4 Å². The van der Waals surface area contributed by atoms with Crippen molar-refractivity contribution in [3.63, 3.8) is 0 Å². The van der Waals surface area contributed by atoms with E-state index >= 15 is 0 Å². The van der Waals surface area contributed by atoms with Crippen LogP contribution in [0.3, 0.4) is 0 Å². The smallest absolute Gasteiger partial charge is 0.263 e. The second kappa shape index (κ2) is 9.79. The van der Waals surface area contributed by atoms with Crippen LogP contribution >= 0.6 is 11.6 Å². The Morgan fingerprint density at radius 3 is 2.67 bits per heavy atom. The normalized spacial score (nSPS) is 16.3. The van der Waals surface area contributed by atoms with E-state index in [4.69, 9.17) is 11.6 Å². The van der Waals surface area contributed by atoms with E-state index in [0.29, 0.717) is 24.7 Å². The lowest BCUT2D eigenvalue weighted by molar-refractivity contribution is -0.134. The standard InChI is InChI=1S/C25H25ClN6O3S.H2/c1-18-15-30(20-5-7-21(8-6-20)36(34,35)29-23-9-11-27-17-28-23)13-14-32(18)24(33)16-31-12-10-19-3-2-4-22(26)25(19)31;/h2-12,17-18H,13-16H2,1H3,(H,27,28,29);1H/t18-;/m0./s1. The fraction of sp³-hybridized carbons (Fsp3) is 0.240. The summed E-state index contributed by atoms with van der Waals surface area (Å²) in [5.74, 6) is 0.246. The highest BCUT2D eigenvalue weighted by atomic mass is 35.5. The van der Waals surface area contributed by atoms with Crippen LogP contribution in [0, 0.1) is 0 Å². The molecule has 1 amide bonds. The molecule has 0 saturated carbocycles. The molecule has 0 bridgehead atoms. The molecule has 36 heavy (non-hydrogen) atoms. The molecule has 1 N–H and O–H groups in total. The minimum Gasteiger partial charge on any atom is -0.368 e. The van der Waals surface area contributed by atoms with Crippen LogP contribution < -0.4 is 9.62 Å². The third-order valence-electron chi connectivity index (χ3n) is 6.33. The van der Waals surface area contributed by atoms with Gasteiger partial charge in [0.15, 0.2) is 0 Å². The molecule has 1 aliphatic heterocycles. The highest BCUT2D eigenvalue weighted by molar-refractivity contribution is 7.92. The molecule has 188 valence electrons. The van der Waals surface area contributed by atoms with Gasteiger partial charge in [0.1, 0.15) is 18.7 Å². The van der Waals surface area contributed by atoms with E-state index < -0.39 is 10.0 Å². The molecule has 0 spiro atoms. The van der Waals surface area contributed by atoms with E-state index in [2.05, 4.69) is 19.6 Å². The zero-order valence-corrected chi connectivity index (χ0v) is 21.2. The first-order chi connectivity index (χ1) is 17.3. The summed E-state index contributed by atoms with van der Waals surface area (Å²) >= 11 is 6.37. The number of amides is 1. The molecule has 2 aromatic carbocycles. The molecule has 9 nitrogen and oxygen atoms in total. The van der Waals surface area contributed by atoms with Gasteiger partial charge in [0.2, 0.25) is 5.91 Å². The van der Waals surface area contributed by atoms with Gasteiger partial charge in [-0.2, -0.15) is 0 Å². The lowest BCUT2D eigenvalue weighted by atomic mass is 10.1. The number of anilines is 2. The van der Waals surface area contributed by atoms with Gasteiger partial charge in [0, 0.05) is 50.6 Å². The van der Waals surface area contributed by atoms with Crippen LogP contribution in [0.4, 0.5) is 11.5 Å². The van der Waals surface area contributed by atoms with Crippen molar-refractivity contribution >= 4 is 49.9 Å². The van der Waals surface area contributed by atoms with Gasteiger partial charge in [0.25, 0.3) is 10.0 Å². The topological polar surface area (TPSA) is 100 Å². The lowest BCUT2D eigenvalue weighted by Gasteiger charge is -2.41. The van der Waals surface area contributed by atoms with Crippen LogP contribution in [0.2, 0.25) is 5.02 Å². The zero-order valence-electron chi connectivity index (χ0n) is 19.6. The van der Waals surface area contributed by atoms with E-state index in [1.807, 2.05) is 46.9 Å². The van der Waals surface area contributed by atoms with E-state index in [1.54, 1.807) is 24.3 Å². The molecular weight excluding hydrogens is 500 g/mol. The molecule has 0 radical (unpaired) electrons. The predicted octanol–water partition coefficient (Wildman–Crippen LogP) is 3.87. The first-order valence-electron chi connectivity index (χ1n) is 11.5. The van der Waals surface area contributed by atoms with Crippen molar-refractivity contribution < 1.29 is 14.6 Å². The van der Waals surface area contributed by atoms with Crippen molar-refractivity contribution in [2.24, 2.45) is 0 Å². The third kappa shape index (κ3) is 4.87. The number of carbonyl (C=O) groups is 1. The minimum atomic E-state index is -3.76. The maximum absolute atomic E-state index is 13.1. The minimum absolute atomic E-state index is 0. The maximum Gasteiger partial charge on any atom is 0.263 e. The Morgan fingerprint density at radius 2 is 1.94 bits per heavy atom. The molecular formula is C25H27ClN6O3S. The maximum atomic E-state index is 13.1. The highest BCUT2D eigenvalue weighted by Crippen LogP contribution is 2.26. The molecule has 1 saturated heterocycles. The largest absolute Gasteiger partial charge is 0.368 e. The van der Waals surface area contributed by atoms with Gasteiger partial charge in [-0.25, -0.2) is 18.4 Å². The number of hydrogen-bond donors (Lipinski definition) is 1. The number of benzene rings is 2. The average molecular weight is 527 g/mol. The van der Waals surface area contributed by atoms with Gasteiger partial charge in [-0.3, -0.25) is 9.52 Å². The van der Waals surface area contributed by atoms with E-state index in [0.717, 1.165) is 16.6 Å². The van der Waals surface area contributed by atoms with Gasteiger partial charge in [-0.05, 0) is 49.4 Å². The second-order valence-corrected chi connectivity index (χ2v) is 10.8. The number of nitrogens with one attached hydrogen (secondary N) is 1. The lowest BCUT2D eigenvalue weighted by Crippen LogP contribution is -2.54. The first kappa shape index (κ1) is 24.1.